The Bertz CT molecular complexity index is 800. The fourth-order valence-electron chi connectivity index (χ4n) is 2.87. The number of hydrogen-bond donors (Lipinski definition) is 2. The van der Waals surface area contributed by atoms with E-state index in [0.29, 0.717) is 13.0 Å². The normalized spacial score (nSPS) is 16.4. The molecule has 0 aliphatic carbocycles. The maximum absolute atomic E-state index is 12.3. The largest absolute Gasteiger partial charge is 0.355 e. The van der Waals surface area contributed by atoms with Crippen molar-refractivity contribution >= 4 is 28.7 Å². The van der Waals surface area contributed by atoms with Crippen LogP contribution in [-0.4, -0.2) is 27.7 Å². The van der Waals surface area contributed by atoms with Crippen molar-refractivity contribution in [2.24, 2.45) is 0 Å². The van der Waals surface area contributed by atoms with Gasteiger partial charge in [0.05, 0.1) is 16.3 Å². The Labute approximate surface area is 138 Å². The van der Waals surface area contributed by atoms with E-state index >= 15 is 0 Å². The minimum atomic E-state index is -0.0110. The smallest absolute Gasteiger partial charge is 0.233 e. The predicted molar refractivity (Wildman–Crippen MR) is 92.6 cm³/mol. The maximum Gasteiger partial charge on any atom is 0.233 e. The van der Waals surface area contributed by atoms with Gasteiger partial charge in [-0.25, -0.2) is 4.98 Å². The van der Waals surface area contributed by atoms with Crippen molar-refractivity contribution in [1.82, 2.24) is 15.3 Å². The first-order valence-corrected chi connectivity index (χ1v) is 8.63. The number of para-hydroxylation sites is 2. The summed E-state index contributed by atoms with van der Waals surface area (Å²) in [7, 11) is 0. The van der Waals surface area contributed by atoms with Crippen molar-refractivity contribution in [3.05, 3.63) is 59.9 Å². The molecule has 4 rings (SSSR count). The highest BCUT2D eigenvalue weighted by Gasteiger charge is 2.27. The van der Waals surface area contributed by atoms with Gasteiger partial charge >= 0.3 is 0 Å². The van der Waals surface area contributed by atoms with Crippen LogP contribution in [0, 0.1) is 0 Å². The van der Waals surface area contributed by atoms with Gasteiger partial charge in [0.1, 0.15) is 5.82 Å². The van der Waals surface area contributed by atoms with Crippen molar-refractivity contribution < 1.29 is 4.79 Å². The van der Waals surface area contributed by atoms with Gasteiger partial charge in [-0.3, -0.25) is 4.79 Å². The number of H-pyrrole nitrogens is 1. The van der Waals surface area contributed by atoms with Gasteiger partial charge < -0.3 is 10.3 Å². The highest BCUT2D eigenvalue weighted by atomic mass is 32.2. The summed E-state index contributed by atoms with van der Waals surface area (Å²) in [6, 6.07) is 16.2. The van der Waals surface area contributed by atoms with Crippen molar-refractivity contribution in [3.63, 3.8) is 0 Å². The number of aromatic nitrogens is 2. The number of benzene rings is 2. The molecule has 1 aromatic heterocycles. The fourth-order valence-corrected chi connectivity index (χ4v) is 4.09. The van der Waals surface area contributed by atoms with Gasteiger partial charge in [-0.2, -0.15) is 0 Å². The second-order valence-corrected chi connectivity index (χ2v) is 6.90. The molecule has 0 unspecified atom stereocenters. The maximum atomic E-state index is 12.3. The molecule has 0 saturated heterocycles. The SMILES string of the molecule is O=C(NCCc1nc2ccccc2[nH]1)[C@H]1Cc2ccccc2S1. The summed E-state index contributed by atoms with van der Waals surface area (Å²) < 4.78 is 0. The zero-order valence-electron chi connectivity index (χ0n) is 12.6. The van der Waals surface area contributed by atoms with Crippen LogP contribution in [0.1, 0.15) is 11.4 Å². The number of carbonyl (C=O) groups excluding carboxylic acids is 1. The minimum Gasteiger partial charge on any atom is -0.355 e. The Kier molecular flexibility index (Phi) is 3.79. The molecule has 2 N–H and O–H groups in total. The molecular weight excluding hydrogens is 306 g/mol. The quantitative estimate of drug-likeness (QED) is 0.776. The summed E-state index contributed by atoms with van der Waals surface area (Å²) in [6.07, 6.45) is 1.53. The van der Waals surface area contributed by atoms with E-state index in [2.05, 4.69) is 27.4 Å². The van der Waals surface area contributed by atoms with Gasteiger partial charge in [0.15, 0.2) is 0 Å². The molecule has 1 aliphatic heterocycles. The van der Waals surface area contributed by atoms with E-state index < -0.39 is 0 Å². The first-order chi connectivity index (χ1) is 11.3. The van der Waals surface area contributed by atoms with E-state index in [9.17, 15) is 4.79 Å². The van der Waals surface area contributed by atoms with Crippen molar-refractivity contribution in [1.29, 1.82) is 0 Å². The summed E-state index contributed by atoms with van der Waals surface area (Å²) in [5.41, 5.74) is 3.28. The number of rotatable bonds is 4. The lowest BCUT2D eigenvalue weighted by Crippen LogP contribution is -2.34. The van der Waals surface area contributed by atoms with Crippen molar-refractivity contribution in [2.75, 3.05) is 6.54 Å². The summed E-state index contributed by atoms with van der Waals surface area (Å²) in [6.45, 7) is 0.603. The van der Waals surface area contributed by atoms with Crippen LogP contribution in [0.15, 0.2) is 53.4 Å². The van der Waals surface area contributed by atoms with Crippen LogP contribution in [0.25, 0.3) is 11.0 Å². The van der Waals surface area contributed by atoms with Crippen LogP contribution in [-0.2, 0) is 17.6 Å². The van der Waals surface area contributed by atoms with Gasteiger partial charge in [0.2, 0.25) is 5.91 Å². The lowest BCUT2D eigenvalue weighted by Gasteiger charge is -2.09. The average Bonchev–Trinajstić information content (AvgIpc) is 3.18. The lowest BCUT2D eigenvalue weighted by atomic mass is 10.1. The predicted octanol–water partition coefficient (Wildman–Crippen LogP) is 2.94. The zero-order valence-corrected chi connectivity index (χ0v) is 13.4. The summed E-state index contributed by atoms with van der Waals surface area (Å²) in [5.74, 6) is 1.02. The molecule has 116 valence electrons. The van der Waals surface area contributed by atoms with Crippen LogP contribution in [0.5, 0.6) is 0 Å². The fraction of sp³-hybridized carbons (Fsp3) is 0.222. The summed E-state index contributed by atoms with van der Waals surface area (Å²) in [5, 5.41) is 3.02. The molecule has 1 atom stereocenters. The molecule has 0 bridgehead atoms. The molecule has 0 radical (unpaired) electrons. The highest BCUT2D eigenvalue weighted by molar-refractivity contribution is 8.01. The molecule has 1 amide bonds. The van der Waals surface area contributed by atoms with E-state index in [1.807, 2.05) is 36.4 Å². The number of aromatic amines is 1. The number of hydrogen-bond acceptors (Lipinski definition) is 3. The first kappa shape index (κ1) is 14.3. The van der Waals surface area contributed by atoms with E-state index in [1.54, 1.807) is 11.8 Å². The molecule has 2 heterocycles. The molecule has 0 fully saturated rings. The molecule has 1 aliphatic rings. The third-order valence-electron chi connectivity index (χ3n) is 4.04. The summed E-state index contributed by atoms with van der Waals surface area (Å²) in [4.78, 5) is 21.4. The number of amides is 1. The molecular formula is C18H17N3OS. The molecule has 3 aromatic rings. The van der Waals surface area contributed by atoms with Gasteiger partial charge in [-0.15, -0.1) is 11.8 Å². The van der Waals surface area contributed by atoms with E-state index in [4.69, 9.17) is 0 Å². The van der Waals surface area contributed by atoms with E-state index in [-0.39, 0.29) is 11.2 Å². The Balaban J connectivity index is 1.32. The third-order valence-corrected chi connectivity index (χ3v) is 5.36. The Morgan fingerprint density at radius 1 is 1.22 bits per heavy atom. The number of nitrogens with zero attached hydrogens (tertiary/aromatic N) is 1. The zero-order chi connectivity index (χ0) is 15.6. The Hall–Kier alpha value is -2.27. The van der Waals surface area contributed by atoms with Gasteiger partial charge in [-0.1, -0.05) is 30.3 Å². The lowest BCUT2D eigenvalue weighted by molar-refractivity contribution is -0.120. The highest BCUT2D eigenvalue weighted by Crippen LogP contribution is 2.36. The van der Waals surface area contributed by atoms with Crippen LogP contribution < -0.4 is 5.32 Å². The number of carbonyl (C=O) groups is 1. The van der Waals surface area contributed by atoms with Crippen LogP contribution >= 0.6 is 11.8 Å². The van der Waals surface area contributed by atoms with Gasteiger partial charge in [0.25, 0.3) is 0 Å². The molecule has 4 nitrogen and oxygen atoms in total. The minimum absolute atomic E-state index is 0.0110. The molecule has 5 heteroatoms. The van der Waals surface area contributed by atoms with E-state index in [1.165, 1.54) is 10.5 Å². The first-order valence-electron chi connectivity index (χ1n) is 7.75. The van der Waals surface area contributed by atoms with Gasteiger partial charge in [0, 0.05) is 17.9 Å². The van der Waals surface area contributed by atoms with E-state index in [0.717, 1.165) is 23.3 Å². The van der Waals surface area contributed by atoms with Crippen molar-refractivity contribution in [3.8, 4) is 0 Å². The number of nitrogens with one attached hydrogen (secondary N) is 2. The van der Waals surface area contributed by atoms with Crippen LogP contribution in [0.3, 0.4) is 0 Å². The number of fused-ring (bicyclic) bond motifs is 2. The Morgan fingerprint density at radius 3 is 2.91 bits per heavy atom. The Morgan fingerprint density at radius 2 is 2.04 bits per heavy atom. The standard InChI is InChI=1S/C18H17N3OS/c22-18(16-11-12-5-1-4-8-15(12)23-16)19-10-9-17-20-13-6-2-3-7-14(13)21-17/h1-8,16H,9-11H2,(H,19,22)(H,20,21)/t16-/m1/s1. The number of thioether (sulfide) groups is 1. The second-order valence-electron chi connectivity index (χ2n) is 5.66. The monoisotopic (exact) mass is 323 g/mol. The van der Waals surface area contributed by atoms with Crippen LogP contribution in [0.2, 0.25) is 0 Å². The van der Waals surface area contributed by atoms with Crippen LogP contribution in [0.4, 0.5) is 0 Å². The van der Waals surface area contributed by atoms with Gasteiger partial charge in [-0.05, 0) is 30.2 Å². The average molecular weight is 323 g/mol. The number of imidazole rings is 1. The third kappa shape index (κ3) is 2.97. The molecule has 0 spiro atoms. The second kappa shape index (κ2) is 6.08. The summed E-state index contributed by atoms with van der Waals surface area (Å²) >= 11 is 1.66. The molecule has 0 saturated carbocycles. The van der Waals surface area contributed by atoms with Crippen molar-refractivity contribution in [2.45, 2.75) is 23.0 Å². The molecule has 23 heavy (non-hydrogen) atoms. The molecule has 2 aromatic carbocycles. The topological polar surface area (TPSA) is 57.8 Å².